The van der Waals surface area contributed by atoms with E-state index in [1.54, 1.807) is 11.3 Å². The molecule has 1 saturated carbocycles. The van der Waals surface area contributed by atoms with Gasteiger partial charge in [0.2, 0.25) is 5.91 Å². The maximum atomic E-state index is 12.7. The van der Waals surface area contributed by atoms with Gasteiger partial charge in [-0.05, 0) is 48.1 Å². The molecule has 3 aliphatic rings. The molecule has 3 fully saturated rings. The molecule has 1 aromatic rings. The van der Waals surface area contributed by atoms with E-state index in [0.717, 1.165) is 38.9 Å². The van der Waals surface area contributed by atoms with E-state index < -0.39 is 0 Å². The number of thiophene rings is 1. The monoisotopic (exact) mass is 278 g/mol. The summed E-state index contributed by atoms with van der Waals surface area (Å²) in [6, 6.07) is 2.46. The maximum absolute atomic E-state index is 12.7. The minimum absolute atomic E-state index is 0.0735. The molecule has 102 valence electrons. The van der Waals surface area contributed by atoms with Crippen LogP contribution in [0.2, 0.25) is 0 Å². The number of carbonyl (C=O) groups is 1. The lowest BCUT2D eigenvalue weighted by Crippen LogP contribution is -2.43. The second-order valence-electron chi connectivity index (χ2n) is 5.74. The van der Waals surface area contributed by atoms with E-state index in [-0.39, 0.29) is 11.7 Å². The van der Waals surface area contributed by atoms with Crippen LogP contribution in [0.25, 0.3) is 0 Å². The summed E-state index contributed by atoms with van der Waals surface area (Å²) in [6.45, 7) is 1.55. The Bertz CT molecular complexity index is 478. The Morgan fingerprint density at radius 1 is 1.37 bits per heavy atom. The molecule has 0 bridgehead atoms. The highest BCUT2D eigenvalue weighted by atomic mass is 32.1. The summed E-state index contributed by atoms with van der Waals surface area (Å²) in [6.07, 6.45) is 3.98. The molecular formula is C14H18N2O2S. The van der Waals surface area contributed by atoms with Crippen molar-refractivity contribution in [3.63, 3.8) is 0 Å². The lowest BCUT2D eigenvalue weighted by Gasteiger charge is -2.34. The van der Waals surface area contributed by atoms with E-state index >= 15 is 0 Å². The third-order valence-electron chi connectivity index (χ3n) is 4.53. The van der Waals surface area contributed by atoms with Gasteiger partial charge in [0.15, 0.2) is 0 Å². The van der Waals surface area contributed by atoms with Gasteiger partial charge in [-0.25, -0.2) is 0 Å². The third-order valence-corrected chi connectivity index (χ3v) is 5.23. The van der Waals surface area contributed by atoms with E-state index in [9.17, 15) is 4.79 Å². The number of nitrogens with one attached hydrogen (secondary N) is 1. The Kier molecular flexibility index (Phi) is 2.69. The molecule has 0 aromatic carbocycles. The van der Waals surface area contributed by atoms with Gasteiger partial charge in [0, 0.05) is 19.3 Å². The largest absolute Gasteiger partial charge is 0.381 e. The zero-order chi connectivity index (χ0) is 12.9. The fraction of sp³-hybridized carbons (Fsp3) is 0.643. The predicted molar refractivity (Wildman–Crippen MR) is 72.8 cm³/mol. The van der Waals surface area contributed by atoms with Gasteiger partial charge in [0.25, 0.3) is 0 Å². The van der Waals surface area contributed by atoms with Crippen molar-refractivity contribution in [3.05, 3.63) is 22.4 Å². The van der Waals surface area contributed by atoms with Crippen LogP contribution in [-0.2, 0) is 9.53 Å². The first-order chi connectivity index (χ1) is 9.30. The number of nitrogens with zero attached hydrogens (tertiary/aromatic N) is 1. The van der Waals surface area contributed by atoms with Crippen LogP contribution in [-0.4, -0.2) is 35.6 Å². The second-order valence-corrected chi connectivity index (χ2v) is 6.52. The first-order valence-corrected chi connectivity index (χ1v) is 7.95. The zero-order valence-corrected chi connectivity index (χ0v) is 11.6. The molecule has 5 heteroatoms. The Morgan fingerprint density at radius 3 is 2.79 bits per heavy atom. The number of carbonyl (C=O) groups excluding carboxylic acids is 1. The van der Waals surface area contributed by atoms with E-state index in [4.69, 9.17) is 4.74 Å². The molecule has 0 radical (unpaired) electrons. The lowest BCUT2D eigenvalue weighted by atomic mass is 10.1. The third kappa shape index (κ3) is 1.83. The Balaban J connectivity index is 1.66. The number of hydrogen-bond acceptors (Lipinski definition) is 4. The van der Waals surface area contributed by atoms with Crippen LogP contribution in [0.15, 0.2) is 16.8 Å². The average molecular weight is 278 g/mol. The van der Waals surface area contributed by atoms with Gasteiger partial charge in [0.1, 0.15) is 11.7 Å². The summed E-state index contributed by atoms with van der Waals surface area (Å²) >= 11 is 1.69. The van der Waals surface area contributed by atoms with Crippen molar-refractivity contribution in [1.29, 1.82) is 0 Å². The molecule has 1 N–H and O–H groups in total. The molecule has 1 aromatic heterocycles. The second kappa shape index (κ2) is 4.30. The van der Waals surface area contributed by atoms with Crippen LogP contribution in [0.1, 0.15) is 37.4 Å². The van der Waals surface area contributed by atoms with Gasteiger partial charge in [-0.2, -0.15) is 11.3 Å². The van der Waals surface area contributed by atoms with Gasteiger partial charge in [-0.3, -0.25) is 10.1 Å². The van der Waals surface area contributed by atoms with Crippen LogP contribution in [0.4, 0.5) is 0 Å². The molecule has 4 rings (SSSR count). The van der Waals surface area contributed by atoms with Crippen LogP contribution in [0.3, 0.4) is 0 Å². The molecule has 2 aliphatic heterocycles. The molecule has 4 nitrogen and oxygen atoms in total. The van der Waals surface area contributed by atoms with Crippen LogP contribution in [0.5, 0.6) is 0 Å². The molecule has 1 atom stereocenters. The molecule has 19 heavy (non-hydrogen) atoms. The van der Waals surface area contributed by atoms with Gasteiger partial charge in [0.05, 0.1) is 0 Å². The van der Waals surface area contributed by atoms with Gasteiger partial charge in [-0.15, -0.1) is 0 Å². The normalized spacial score (nSPS) is 30.2. The zero-order valence-electron chi connectivity index (χ0n) is 10.8. The number of ether oxygens (including phenoxy) is 1. The van der Waals surface area contributed by atoms with Crippen molar-refractivity contribution >= 4 is 17.2 Å². The van der Waals surface area contributed by atoms with Crippen LogP contribution in [0, 0.1) is 0 Å². The Labute approximate surface area is 116 Å². The van der Waals surface area contributed by atoms with Crippen molar-refractivity contribution in [2.24, 2.45) is 0 Å². The summed E-state index contributed by atoms with van der Waals surface area (Å²) in [5.41, 5.74) is 0.999. The summed E-state index contributed by atoms with van der Waals surface area (Å²) < 4.78 is 5.43. The highest BCUT2D eigenvalue weighted by Crippen LogP contribution is 2.47. The summed E-state index contributed by atoms with van der Waals surface area (Å²) in [7, 11) is 0. The topological polar surface area (TPSA) is 41.6 Å². The number of hydrogen-bond donors (Lipinski definition) is 1. The summed E-state index contributed by atoms with van der Waals surface area (Å²) in [5.74, 6) is 0.315. The lowest BCUT2D eigenvalue weighted by molar-refractivity contribution is -0.135. The fourth-order valence-corrected chi connectivity index (χ4v) is 3.93. The minimum atomic E-state index is -0.231. The Morgan fingerprint density at radius 2 is 2.16 bits per heavy atom. The molecule has 1 amide bonds. The molecule has 1 spiro atoms. The van der Waals surface area contributed by atoms with Crippen molar-refractivity contribution in [1.82, 2.24) is 10.2 Å². The van der Waals surface area contributed by atoms with Crippen LogP contribution >= 0.6 is 11.3 Å². The van der Waals surface area contributed by atoms with E-state index in [1.165, 1.54) is 5.56 Å². The van der Waals surface area contributed by atoms with E-state index in [2.05, 4.69) is 27.0 Å². The SMILES string of the molecule is O=C1N(C2CCOCC2)C(c2ccsc2)NC12CC2. The maximum Gasteiger partial charge on any atom is 0.244 e. The summed E-state index contributed by atoms with van der Waals surface area (Å²) in [4.78, 5) is 14.8. The molecular weight excluding hydrogens is 260 g/mol. The Hall–Kier alpha value is -0.910. The van der Waals surface area contributed by atoms with Crippen LogP contribution < -0.4 is 5.32 Å². The minimum Gasteiger partial charge on any atom is -0.381 e. The summed E-state index contributed by atoms with van der Waals surface area (Å²) in [5, 5.41) is 7.82. The predicted octanol–water partition coefficient (Wildman–Crippen LogP) is 1.89. The van der Waals surface area contributed by atoms with E-state index in [1.807, 2.05) is 0 Å². The molecule has 2 saturated heterocycles. The van der Waals surface area contributed by atoms with Crippen molar-refractivity contribution in [2.75, 3.05) is 13.2 Å². The highest BCUT2D eigenvalue weighted by Gasteiger charge is 2.60. The standard InChI is InChI=1S/C14H18N2O2S/c17-13-14(4-5-14)15-12(10-3-8-19-9-10)16(13)11-1-6-18-7-2-11/h3,8-9,11-12,15H,1-2,4-7H2. The smallest absolute Gasteiger partial charge is 0.244 e. The molecule has 3 heterocycles. The van der Waals surface area contributed by atoms with Crippen molar-refractivity contribution in [2.45, 2.75) is 43.4 Å². The first-order valence-electron chi connectivity index (χ1n) is 7.00. The number of amides is 1. The van der Waals surface area contributed by atoms with Crippen molar-refractivity contribution < 1.29 is 9.53 Å². The molecule has 1 aliphatic carbocycles. The quantitative estimate of drug-likeness (QED) is 0.898. The highest BCUT2D eigenvalue weighted by molar-refractivity contribution is 7.07. The van der Waals surface area contributed by atoms with Gasteiger partial charge < -0.3 is 9.64 Å². The van der Waals surface area contributed by atoms with Gasteiger partial charge >= 0.3 is 0 Å². The number of rotatable bonds is 2. The first kappa shape index (κ1) is 11.9. The van der Waals surface area contributed by atoms with Gasteiger partial charge in [-0.1, -0.05) is 0 Å². The van der Waals surface area contributed by atoms with E-state index in [0.29, 0.717) is 11.9 Å². The molecule has 1 unspecified atom stereocenters. The van der Waals surface area contributed by atoms with Crippen molar-refractivity contribution in [3.8, 4) is 0 Å². The average Bonchev–Trinajstić information content (AvgIpc) is 2.92. The fourth-order valence-electron chi connectivity index (χ4n) is 3.26.